The van der Waals surface area contributed by atoms with Crippen LogP contribution in [0.3, 0.4) is 0 Å². The van der Waals surface area contributed by atoms with Crippen LogP contribution in [-0.2, 0) is 9.59 Å². The Morgan fingerprint density at radius 3 is 3.00 bits per heavy atom. The highest BCUT2D eigenvalue weighted by Crippen LogP contribution is 2.36. The molecule has 1 N–H and O–H groups in total. The maximum atomic E-state index is 12.1. The Hall–Kier alpha value is -2.41. The first kappa shape index (κ1) is 15.5. The third-order valence-electron chi connectivity index (χ3n) is 3.59. The largest absolute Gasteiger partial charge is 0.482 e. The Balaban J connectivity index is 1.89. The number of carboxylic acids is 1. The van der Waals surface area contributed by atoms with Gasteiger partial charge in [-0.15, -0.1) is 11.3 Å². The first-order valence-corrected chi connectivity index (χ1v) is 8.14. The number of amides is 1. The molecule has 1 aliphatic heterocycles. The van der Waals surface area contributed by atoms with Gasteiger partial charge in [0, 0.05) is 23.9 Å². The van der Waals surface area contributed by atoms with Crippen LogP contribution in [0, 0.1) is 6.92 Å². The number of thiazole rings is 1. The average molecular weight is 332 g/mol. The summed E-state index contributed by atoms with van der Waals surface area (Å²) in [6, 6.07) is 5.62. The van der Waals surface area contributed by atoms with Crippen LogP contribution in [0.15, 0.2) is 23.6 Å². The number of fused-ring (bicyclic) bond motifs is 1. The summed E-state index contributed by atoms with van der Waals surface area (Å²) in [7, 11) is 0. The number of carbonyl (C=O) groups excluding carboxylic acids is 1. The molecule has 0 saturated carbocycles. The predicted molar refractivity (Wildman–Crippen MR) is 87.0 cm³/mol. The van der Waals surface area contributed by atoms with Gasteiger partial charge >= 0.3 is 5.97 Å². The van der Waals surface area contributed by atoms with E-state index in [0.717, 1.165) is 16.3 Å². The van der Waals surface area contributed by atoms with Crippen LogP contribution in [0.5, 0.6) is 5.75 Å². The zero-order valence-electron chi connectivity index (χ0n) is 12.6. The summed E-state index contributed by atoms with van der Waals surface area (Å²) in [5.74, 6) is -0.386. The number of aryl methyl sites for hydroxylation is 1. The predicted octanol–water partition coefficient (Wildman–Crippen LogP) is 2.71. The van der Waals surface area contributed by atoms with Crippen molar-refractivity contribution in [3.05, 3.63) is 28.6 Å². The molecule has 7 heteroatoms. The number of hydrogen-bond donors (Lipinski definition) is 1. The first-order chi connectivity index (χ1) is 11.0. The summed E-state index contributed by atoms with van der Waals surface area (Å²) in [6.45, 7) is 2.29. The fourth-order valence-corrected chi connectivity index (χ4v) is 3.11. The first-order valence-electron chi connectivity index (χ1n) is 7.26. The van der Waals surface area contributed by atoms with E-state index < -0.39 is 5.97 Å². The molecule has 0 fully saturated rings. The normalized spacial score (nSPS) is 13.6. The van der Waals surface area contributed by atoms with E-state index >= 15 is 0 Å². The number of aliphatic carboxylic acids is 1. The Kier molecular flexibility index (Phi) is 4.29. The number of carbonyl (C=O) groups is 2. The highest BCUT2D eigenvalue weighted by Gasteiger charge is 2.26. The van der Waals surface area contributed by atoms with Gasteiger partial charge in [0.15, 0.2) is 6.61 Å². The second-order valence-corrected chi connectivity index (χ2v) is 6.33. The summed E-state index contributed by atoms with van der Waals surface area (Å²) >= 11 is 1.57. The molecule has 3 rings (SSSR count). The van der Waals surface area contributed by atoms with Gasteiger partial charge in [0.05, 0.1) is 16.4 Å². The van der Waals surface area contributed by atoms with Crippen molar-refractivity contribution in [3.63, 3.8) is 0 Å². The summed E-state index contributed by atoms with van der Waals surface area (Å²) in [5.41, 5.74) is 2.45. The Bertz CT molecular complexity index is 756. The van der Waals surface area contributed by atoms with Crippen LogP contribution in [0.2, 0.25) is 0 Å². The molecule has 0 atom stereocenters. The van der Waals surface area contributed by atoms with Crippen molar-refractivity contribution in [2.45, 2.75) is 19.8 Å². The number of benzene rings is 1. The summed E-state index contributed by atoms with van der Waals surface area (Å²) in [5, 5.41) is 11.7. The molecule has 0 saturated heterocycles. The van der Waals surface area contributed by atoms with Crippen LogP contribution in [0.25, 0.3) is 11.3 Å². The van der Waals surface area contributed by atoms with Crippen molar-refractivity contribution < 1.29 is 19.4 Å². The van der Waals surface area contributed by atoms with Gasteiger partial charge < -0.3 is 14.7 Å². The number of hydrogen-bond acceptors (Lipinski definition) is 5. The monoisotopic (exact) mass is 332 g/mol. The molecular weight excluding hydrogens is 316 g/mol. The standard InChI is InChI=1S/C16H16N2O4S/c1-10-17-12(9-23-10)11-4-5-14-13(7-11)18(15(19)8-22-14)6-2-3-16(20)21/h4-5,7,9H,2-3,6,8H2,1H3,(H,20,21). The van der Waals surface area contributed by atoms with Crippen LogP contribution in [0.4, 0.5) is 5.69 Å². The molecule has 1 amide bonds. The minimum atomic E-state index is -0.863. The van der Waals surface area contributed by atoms with Gasteiger partial charge in [-0.2, -0.15) is 0 Å². The molecule has 0 aliphatic carbocycles. The fourth-order valence-electron chi connectivity index (χ4n) is 2.49. The van der Waals surface area contributed by atoms with E-state index in [0.29, 0.717) is 24.4 Å². The van der Waals surface area contributed by atoms with Crippen molar-refractivity contribution in [1.29, 1.82) is 0 Å². The van der Waals surface area contributed by atoms with Gasteiger partial charge in [-0.1, -0.05) is 0 Å². The number of anilines is 1. The summed E-state index contributed by atoms with van der Waals surface area (Å²) in [6.07, 6.45) is 0.436. The van der Waals surface area contributed by atoms with Crippen molar-refractivity contribution >= 4 is 28.9 Å². The number of ether oxygens (including phenoxy) is 1. The van der Waals surface area contributed by atoms with Gasteiger partial charge in [-0.05, 0) is 31.5 Å². The zero-order valence-corrected chi connectivity index (χ0v) is 13.4. The smallest absolute Gasteiger partial charge is 0.303 e. The van der Waals surface area contributed by atoms with E-state index in [1.165, 1.54) is 0 Å². The molecule has 1 aromatic carbocycles. The maximum absolute atomic E-state index is 12.1. The molecule has 120 valence electrons. The molecule has 1 aliphatic rings. The van der Waals surface area contributed by atoms with Gasteiger partial charge in [0.25, 0.3) is 5.91 Å². The quantitative estimate of drug-likeness (QED) is 0.910. The van der Waals surface area contributed by atoms with E-state index in [1.807, 2.05) is 30.5 Å². The molecule has 23 heavy (non-hydrogen) atoms. The van der Waals surface area contributed by atoms with Crippen LogP contribution in [0.1, 0.15) is 17.8 Å². The molecule has 0 radical (unpaired) electrons. The zero-order chi connectivity index (χ0) is 16.4. The van der Waals surface area contributed by atoms with Gasteiger partial charge in [-0.3, -0.25) is 9.59 Å². The lowest BCUT2D eigenvalue weighted by Gasteiger charge is -2.29. The molecule has 6 nitrogen and oxygen atoms in total. The van der Waals surface area contributed by atoms with Gasteiger partial charge in [0.2, 0.25) is 0 Å². The van der Waals surface area contributed by atoms with Crippen molar-refractivity contribution in [2.75, 3.05) is 18.1 Å². The topological polar surface area (TPSA) is 79.7 Å². The Morgan fingerprint density at radius 1 is 1.48 bits per heavy atom. The Morgan fingerprint density at radius 2 is 2.30 bits per heavy atom. The van der Waals surface area contributed by atoms with Crippen LogP contribution < -0.4 is 9.64 Å². The third kappa shape index (κ3) is 3.34. The lowest BCUT2D eigenvalue weighted by Crippen LogP contribution is -2.39. The minimum Gasteiger partial charge on any atom is -0.482 e. The van der Waals surface area contributed by atoms with Crippen molar-refractivity contribution in [1.82, 2.24) is 4.98 Å². The number of rotatable bonds is 5. The average Bonchev–Trinajstić information content (AvgIpc) is 2.95. The van der Waals surface area contributed by atoms with Crippen LogP contribution >= 0.6 is 11.3 Å². The number of carboxylic acid groups (broad SMARTS) is 1. The van der Waals surface area contributed by atoms with Gasteiger partial charge in [-0.25, -0.2) is 4.98 Å². The second-order valence-electron chi connectivity index (χ2n) is 5.27. The molecular formula is C16H16N2O4S. The number of nitrogens with zero attached hydrogens (tertiary/aromatic N) is 2. The van der Waals surface area contributed by atoms with Crippen molar-refractivity contribution in [2.24, 2.45) is 0 Å². The van der Waals surface area contributed by atoms with Crippen molar-refractivity contribution in [3.8, 4) is 17.0 Å². The molecule has 1 aromatic heterocycles. The number of aromatic nitrogens is 1. The van der Waals surface area contributed by atoms with E-state index in [2.05, 4.69) is 4.98 Å². The van der Waals surface area contributed by atoms with E-state index in [4.69, 9.17) is 9.84 Å². The minimum absolute atomic E-state index is 0.0186. The SMILES string of the molecule is Cc1nc(-c2ccc3c(c2)N(CCCC(=O)O)C(=O)CO3)cs1. The third-order valence-corrected chi connectivity index (χ3v) is 4.36. The van der Waals surface area contributed by atoms with Crippen LogP contribution in [-0.4, -0.2) is 35.1 Å². The highest BCUT2D eigenvalue weighted by atomic mass is 32.1. The lowest BCUT2D eigenvalue weighted by atomic mass is 10.1. The van der Waals surface area contributed by atoms with E-state index in [1.54, 1.807) is 16.2 Å². The Labute approximate surface area is 137 Å². The summed E-state index contributed by atoms with van der Waals surface area (Å²) in [4.78, 5) is 28.9. The second kappa shape index (κ2) is 6.37. The molecule has 0 unspecified atom stereocenters. The molecule has 0 spiro atoms. The van der Waals surface area contributed by atoms with E-state index in [9.17, 15) is 9.59 Å². The highest BCUT2D eigenvalue weighted by molar-refractivity contribution is 7.09. The maximum Gasteiger partial charge on any atom is 0.303 e. The molecule has 0 bridgehead atoms. The summed E-state index contributed by atoms with van der Waals surface area (Å²) < 4.78 is 5.46. The fraction of sp³-hybridized carbons (Fsp3) is 0.312. The van der Waals surface area contributed by atoms with E-state index in [-0.39, 0.29) is 18.9 Å². The lowest BCUT2D eigenvalue weighted by molar-refractivity contribution is -0.137. The van der Waals surface area contributed by atoms with Gasteiger partial charge in [0.1, 0.15) is 5.75 Å². The molecule has 2 heterocycles. The molecule has 2 aromatic rings.